The lowest BCUT2D eigenvalue weighted by atomic mass is 10.1. The standard InChI is InChI=1S/C19H21IN2O5S/c1-13(14-3-8-17-18(11-14)27-10-9-26-17)21-19(23)12-22(28(2,24)25)16-6-4-15(20)5-7-16/h3-8,11,13H,9-10,12H2,1-2H3,(H,21,23)/t13-/m1/s1. The van der Waals surface area contributed by atoms with Crippen molar-refractivity contribution < 1.29 is 22.7 Å². The molecule has 0 saturated heterocycles. The van der Waals surface area contributed by atoms with Gasteiger partial charge in [0.2, 0.25) is 15.9 Å². The first-order chi connectivity index (χ1) is 13.2. The quantitative estimate of drug-likeness (QED) is 0.598. The maximum Gasteiger partial charge on any atom is 0.241 e. The van der Waals surface area contributed by atoms with E-state index in [1.165, 1.54) is 0 Å². The molecule has 28 heavy (non-hydrogen) atoms. The van der Waals surface area contributed by atoms with Gasteiger partial charge >= 0.3 is 0 Å². The van der Waals surface area contributed by atoms with Gasteiger partial charge in [0.25, 0.3) is 0 Å². The van der Waals surface area contributed by atoms with E-state index < -0.39 is 15.9 Å². The monoisotopic (exact) mass is 516 g/mol. The third-order valence-corrected chi connectivity index (χ3v) is 6.11. The van der Waals surface area contributed by atoms with Crippen molar-refractivity contribution in [3.8, 4) is 11.5 Å². The summed E-state index contributed by atoms with van der Waals surface area (Å²) in [6, 6.07) is 12.1. The number of hydrogen-bond donors (Lipinski definition) is 1. The molecular weight excluding hydrogens is 495 g/mol. The molecule has 1 heterocycles. The first kappa shape index (κ1) is 20.7. The second-order valence-corrected chi connectivity index (χ2v) is 9.59. The van der Waals surface area contributed by atoms with Gasteiger partial charge in [-0.2, -0.15) is 0 Å². The van der Waals surface area contributed by atoms with Crippen molar-refractivity contribution in [1.29, 1.82) is 0 Å². The Morgan fingerprint density at radius 2 is 1.79 bits per heavy atom. The number of sulfonamides is 1. The fourth-order valence-electron chi connectivity index (χ4n) is 2.84. The molecule has 2 aromatic rings. The predicted molar refractivity (Wildman–Crippen MR) is 115 cm³/mol. The SMILES string of the molecule is C[C@@H](NC(=O)CN(c1ccc(I)cc1)S(C)(=O)=O)c1ccc2c(c1)OCCO2. The van der Waals surface area contributed by atoms with E-state index in [1.807, 2.05) is 19.1 Å². The molecule has 7 nitrogen and oxygen atoms in total. The van der Waals surface area contributed by atoms with Crippen molar-refractivity contribution >= 4 is 44.2 Å². The van der Waals surface area contributed by atoms with Crippen LogP contribution in [-0.2, 0) is 14.8 Å². The first-order valence-corrected chi connectivity index (χ1v) is 11.6. The number of rotatable bonds is 6. The van der Waals surface area contributed by atoms with Gasteiger partial charge in [-0.1, -0.05) is 6.07 Å². The van der Waals surface area contributed by atoms with Gasteiger partial charge in [0, 0.05) is 3.57 Å². The molecule has 1 atom stereocenters. The van der Waals surface area contributed by atoms with Crippen LogP contribution in [0, 0.1) is 3.57 Å². The smallest absolute Gasteiger partial charge is 0.241 e. The highest BCUT2D eigenvalue weighted by molar-refractivity contribution is 14.1. The van der Waals surface area contributed by atoms with Gasteiger partial charge in [0.05, 0.1) is 18.0 Å². The molecular formula is C19H21IN2O5S. The molecule has 0 unspecified atom stereocenters. The number of hydrogen-bond acceptors (Lipinski definition) is 5. The summed E-state index contributed by atoms with van der Waals surface area (Å²) in [7, 11) is -3.60. The summed E-state index contributed by atoms with van der Waals surface area (Å²) >= 11 is 2.14. The van der Waals surface area contributed by atoms with Crippen molar-refractivity contribution in [2.24, 2.45) is 0 Å². The van der Waals surface area contributed by atoms with Crippen molar-refractivity contribution in [2.75, 3.05) is 30.3 Å². The van der Waals surface area contributed by atoms with Gasteiger partial charge in [-0.25, -0.2) is 8.42 Å². The summed E-state index contributed by atoms with van der Waals surface area (Å²) in [5.74, 6) is 0.920. The molecule has 0 fully saturated rings. The number of benzene rings is 2. The Morgan fingerprint density at radius 1 is 1.14 bits per heavy atom. The fourth-order valence-corrected chi connectivity index (χ4v) is 4.05. The van der Waals surface area contributed by atoms with E-state index in [0.717, 1.165) is 19.7 Å². The maximum absolute atomic E-state index is 12.5. The van der Waals surface area contributed by atoms with Crippen molar-refractivity contribution in [1.82, 2.24) is 5.32 Å². The Morgan fingerprint density at radius 3 is 2.43 bits per heavy atom. The van der Waals surface area contributed by atoms with E-state index in [2.05, 4.69) is 27.9 Å². The lowest BCUT2D eigenvalue weighted by molar-refractivity contribution is -0.120. The Hall–Kier alpha value is -2.01. The number of anilines is 1. The van der Waals surface area contributed by atoms with E-state index in [1.54, 1.807) is 30.3 Å². The zero-order valence-electron chi connectivity index (χ0n) is 15.5. The Kier molecular flexibility index (Phi) is 6.33. The summed E-state index contributed by atoms with van der Waals surface area (Å²) in [5, 5.41) is 2.84. The number of carbonyl (C=O) groups excluding carboxylic acids is 1. The van der Waals surface area contributed by atoms with E-state index in [-0.39, 0.29) is 12.6 Å². The van der Waals surface area contributed by atoms with E-state index in [9.17, 15) is 13.2 Å². The molecule has 0 saturated carbocycles. The molecule has 0 spiro atoms. The van der Waals surface area contributed by atoms with Crippen molar-refractivity contribution in [3.63, 3.8) is 0 Å². The number of carbonyl (C=O) groups is 1. The van der Waals surface area contributed by atoms with Crippen LogP contribution in [0.5, 0.6) is 11.5 Å². The normalized spacial score (nSPS) is 14.2. The van der Waals surface area contributed by atoms with Gasteiger partial charge in [0.1, 0.15) is 19.8 Å². The lowest BCUT2D eigenvalue weighted by Gasteiger charge is -2.24. The van der Waals surface area contributed by atoms with Crippen LogP contribution >= 0.6 is 22.6 Å². The van der Waals surface area contributed by atoms with Crippen LogP contribution in [0.1, 0.15) is 18.5 Å². The van der Waals surface area contributed by atoms with Crippen LogP contribution in [0.15, 0.2) is 42.5 Å². The molecule has 0 aromatic heterocycles. The molecule has 3 rings (SSSR count). The number of nitrogens with one attached hydrogen (secondary N) is 1. The highest BCUT2D eigenvalue weighted by Crippen LogP contribution is 2.32. The zero-order valence-corrected chi connectivity index (χ0v) is 18.5. The molecule has 9 heteroatoms. The summed E-state index contributed by atoms with van der Waals surface area (Å²) in [6.45, 7) is 2.53. The zero-order chi connectivity index (χ0) is 20.3. The van der Waals surface area contributed by atoms with Crippen LogP contribution < -0.4 is 19.1 Å². The molecule has 0 radical (unpaired) electrons. The summed E-state index contributed by atoms with van der Waals surface area (Å²) in [4.78, 5) is 12.5. The lowest BCUT2D eigenvalue weighted by Crippen LogP contribution is -2.41. The molecule has 2 aromatic carbocycles. The van der Waals surface area contributed by atoms with Gasteiger partial charge in [-0.05, 0) is 71.5 Å². The maximum atomic E-state index is 12.5. The topological polar surface area (TPSA) is 84.9 Å². The number of halogens is 1. The van der Waals surface area contributed by atoms with Crippen LogP contribution in [0.4, 0.5) is 5.69 Å². The second kappa shape index (κ2) is 8.56. The molecule has 0 bridgehead atoms. The number of nitrogens with zero attached hydrogens (tertiary/aromatic N) is 1. The molecule has 1 amide bonds. The van der Waals surface area contributed by atoms with Gasteiger partial charge in [-0.3, -0.25) is 9.10 Å². The third-order valence-electron chi connectivity index (χ3n) is 4.25. The largest absolute Gasteiger partial charge is 0.486 e. The van der Waals surface area contributed by atoms with Gasteiger partial charge in [-0.15, -0.1) is 0 Å². The fraction of sp³-hybridized carbons (Fsp3) is 0.316. The van der Waals surface area contributed by atoms with E-state index >= 15 is 0 Å². The van der Waals surface area contributed by atoms with E-state index in [4.69, 9.17) is 9.47 Å². The van der Waals surface area contributed by atoms with Crippen molar-refractivity contribution in [3.05, 3.63) is 51.6 Å². The first-order valence-electron chi connectivity index (χ1n) is 8.66. The molecule has 150 valence electrons. The number of amides is 1. The Bertz CT molecular complexity index is 963. The number of fused-ring (bicyclic) bond motifs is 1. The van der Waals surface area contributed by atoms with E-state index in [0.29, 0.717) is 30.4 Å². The van der Waals surface area contributed by atoms with Crippen LogP contribution in [0.3, 0.4) is 0 Å². The average molecular weight is 516 g/mol. The number of ether oxygens (including phenoxy) is 2. The van der Waals surface area contributed by atoms with Gasteiger partial charge in [0.15, 0.2) is 11.5 Å². The minimum absolute atomic E-state index is 0.297. The molecule has 1 N–H and O–H groups in total. The molecule has 1 aliphatic rings. The highest BCUT2D eigenvalue weighted by atomic mass is 127. The summed E-state index contributed by atoms with van der Waals surface area (Å²) in [5.41, 5.74) is 1.29. The summed E-state index contributed by atoms with van der Waals surface area (Å²) in [6.07, 6.45) is 1.09. The Balaban J connectivity index is 1.71. The predicted octanol–water partition coefficient (Wildman–Crippen LogP) is 2.71. The highest BCUT2D eigenvalue weighted by Gasteiger charge is 2.22. The average Bonchev–Trinajstić information content (AvgIpc) is 2.65. The molecule has 0 aliphatic carbocycles. The minimum Gasteiger partial charge on any atom is -0.486 e. The van der Waals surface area contributed by atoms with Crippen LogP contribution in [-0.4, -0.2) is 40.3 Å². The van der Waals surface area contributed by atoms with Crippen molar-refractivity contribution in [2.45, 2.75) is 13.0 Å². The van der Waals surface area contributed by atoms with Crippen LogP contribution in [0.25, 0.3) is 0 Å². The second-order valence-electron chi connectivity index (χ2n) is 6.44. The molecule has 1 aliphatic heterocycles. The Labute approximate surface area is 178 Å². The minimum atomic E-state index is -3.60. The third kappa shape index (κ3) is 5.07. The van der Waals surface area contributed by atoms with Gasteiger partial charge < -0.3 is 14.8 Å². The van der Waals surface area contributed by atoms with Crippen LogP contribution in [0.2, 0.25) is 0 Å². The summed E-state index contributed by atoms with van der Waals surface area (Å²) < 4.78 is 37.5.